The van der Waals surface area contributed by atoms with Crippen molar-refractivity contribution < 1.29 is 14.6 Å². The third kappa shape index (κ3) is 4.27. The Labute approximate surface area is 130 Å². The number of β-amino-alcohol motifs (C(OH)–C–C–N with tert-alkyl or cyclic N) is 1. The van der Waals surface area contributed by atoms with Crippen LogP contribution < -0.4 is 0 Å². The maximum atomic E-state index is 10.2. The highest BCUT2D eigenvalue weighted by atomic mass is 32.1. The lowest BCUT2D eigenvalue weighted by Gasteiger charge is -2.41. The first kappa shape index (κ1) is 15.4. The molecule has 0 amide bonds. The maximum absolute atomic E-state index is 10.2. The van der Waals surface area contributed by atoms with E-state index in [1.54, 1.807) is 11.3 Å². The number of thiophene rings is 1. The van der Waals surface area contributed by atoms with E-state index >= 15 is 0 Å². The fourth-order valence-corrected chi connectivity index (χ4v) is 4.08. The predicted molar refractivity (Wildman–Crippen MR) is 83.6 cm³/mol. The molecule has 1 saturated carbocycles. The van der Waals surface area contributed by atoms with Crippen molar-refractivity contribution in [2.45, 2.75) is 44.0 Å². The molecule has 0 bridgehead atoms. The number of hydrogen-bond donors (Lipinski definition) is 1. The van der Waals surface area contributed by atoms with Crippen LogP contribution in [0.25, 0.3) is 0 Å². The highest BCUT2D eigenvalue weighted by molar-refractivity contribution is 7.09. The molecule has 0 aromatic carbocycles. The fourth-order valence-electron chi connectivity index (χ4n) is 3.44. The molecule has 2 heterocycles. The van der Waals surface area contributed by atoms with E-state index in [0.717, 1.165) is 19.7 Å². The third-order valence-electron chi connectivity index (χ3n) is 4.45. The van der Waals surface area contributed by atoms with E-state index in [9.17, 15) is 5.11 Å². The first-order chi connectivity index (χ1) is 10.3. The van der Waals surface area contributed by atoms with Gasteiger partial charge < -0.3 is 14.6 Å². The lowest BCUT2D eigenvalue weighted by molar-refractivity contribution is -0.114. The molecule has 1 N–H and O–H groups in total. The molecule has 1 aromatic rings. The van der Waals surface area contributed by atoms with Gasteiger partial charge in [-0.1, -0.05) is 18.9 Å². The topological polar surface area (TPSA) is 41.9 Å². The molecule has 2 aliphatic rings. The van der Waals surface area contributed by atoms with Gasteiger partial charge in [0.15, 0.2) is 0 Å². The Hall–Kier alpha value is -0.460. The highest BCUT2D eigenvalue weighted by Crippen LogP contribution is 2.35. The number of ether oxygens (including phenoxy) is 2. The molecule has 1 atom stereocenters. The first-order valence-electron chi connectivity index (χ1n) is 7.90. The number of nitrogens with zero attached hydrogens (tertiary/aromatic N) is 1. The van der Waals surface area contributed by atoms with Gasteiger partial charge in [-0.25, -0.2) is 0 Å². The SMILES string of the molecule is OC(COCc1cccs1)CN1CCOC2(CCCC2)C1. The van der Waals surface area contributed by atoms with Gasteiger partial charge in [0.1, 0.15) is 0 Å². The molecule has 4 nitrogen and oxygen atoms in total. The van der Waals surface area contributed by atoms with Crippen molar-refractivity contribution in [3.63, 3.8) is 0 Å². The monoisotopic (exact) mass is 311 g/mol. The number of hydrogen-bond acceptors (Lipinski definition) is 5. The van der Waals surface area contributed by atoms with E-state index < -0.39 is 6.10 Å². The summed E-state index contributed by atoms with van der Waals surface area (Å²) in [6.07, 6.45) is 4.49. The number of rotatable bonds is 6. The second-order valence-corrected chi connectivity index (χ2v) is 7.25. The number of morpholine rings is 1. The normalized spacial score (nSPS) is 23.7. The molecule has 1 aliphatic carbocycles. The molecular formula is C16H25NO3S. The summed E-state index contributed by atoms with van der Waals surface area (Å²) in [6.45, 7) is 4.38. The quantitative estimate of drug-likeness (QED) is 0.875. The van der Waals surface area contributed by atoms with E-state index in [1.807, 2.05) is 11.4 Å². The molecule has 1 aliphatic heterocycles. The van der Waals surface area contributed by atoms with Crippen molar-refractivity contribution in [2.75, 3.05) is 32.8 Å². The van der Waals surface area contributed by atoms with Crippen LogP contribution in [0.5, 0.6) is 0 Å². The van der Waals surface area contributed by atoms with E-state index in [2.05, 4.69) is 11.0 Å². The molecular weight excluding hydrogens is 286 g/mol. The summed E-state index contributed by atoms with van der Waals surface area (Å²) in [5.41, 5.74) is 0.0792. The third-order valence-corrected chi connectivity index (χ3v) is 5.30. The minimum Gasteiger partial charge on any atom is -0.389 e. The lowest BCUT2D eigenvalue weighted by Crippen LogP contribution is -2.52. The van der Waals surface area contributed by atoms with Crippen molar-refractivity contribution in [3.05, 3.63) is 22.4 Å². The van der Waals surface area contributed by atoms with Gasteiger partial charge in [0.2, 0.25) is 0 Å². The minimum absolute atomic E-state index is 0.0792. The number of aliphatic hydroxyl groups is 1. The van der Waals surface area contributed by atoms with Crippen LogP contribution in [0.1, 0.15) is 30.6 Å². The van der Waals surface area contributed by atoms with Crippen LogP contribution in [0, 0.1) is 0 Å². The van der Waals surface area contributed by atoms with Gasteiger partial charge in [0.25, 0.3) is 0 Å². The molecule has 1 unspecified atom stereocenters. The lowest BCUT2D eigenvalue weighted by atomic mass is 9.99. The van der Waals surface area contributed by atoms with Gasteiger partial charge in [-0.3, -0.25) is 4.90 Å². The van der Waals surface area contributed by atoms with Crippen molar-refractivity contribution in [2.24, 2.45) is 0 Å². The summed E-state index contributed by atoms with van der Waals surface area (Å²) in [5, 5.41) is 12.2. The maximum Gasteiger partial charge on any atom is 0.0900 e. The molecule has 21 heavy (non-hydrogen) atoms. The van der Waals surface area contributed by atoms with E-state index in [-0.39, 0.29) is 5.60 Å². The van der Waals surface area contributed by atoms with Crippen LogP contribution in [-0.4, -0.2) is 54.6 Å². The predicted octanol–water partition coefficient (Wildman–Crippen LogP) is 2.27. The fraction of sp³-hybridized carbons (Fsp3) is 0.750. The average Bonchev–Trinajstić information content (AvgIpc) is 3.11. The molecule has 5 heteroatoms. The van der Waals surface area contributed by atoms with Crippen LogP contribution in [0.15, 0.2) is 17.5 Å². The zero-order valence-electron chi connectivity index (χ0n) is 12.5. The van der Waals surface area contributed by atoms with Gasteiger partial charge in [-0.2, -0.15) is 0 Å². The van der Waals surface area contributed by atoms with Crippen LogP contribution in [0.4, 0.5) is 0 Å². The van der Waals surface area contributed by atoms with Gasteiger partial charge >= 0.3 is 0 Å². The highest BCUT2D eigenvalue weighted by Gasteiger charge is 2.39. The van der Waals surface area contributed by atoms with Crippen LogP contribution in [0.3, 0.4) is 0 Å². The summed E-state index contributed by atoms with van der Waals surface area (Å²) in [7, 11) is 0. The molecule has 2 fully saturated rings. The second kappa shape index (κ2) is 7.20. The summed E-state index contributed by atoms with van der Waals surface area (Å²) in [5.74, 6) is 0. The van der Waals surface area contributed by atoms with E-state index in [4.69, 9.17) is 9.47 Å². The van der Waals surface area contributed by atoms with E-state index in [1.165, 1.54) is 30.6 Å². The molecule has 0 radical (unpaired) electrons. The Bertz CT molecular complexity index is 417. The minimum atomic E-state index is -0.415. The van der Waals surface area contributed by atoms with Crippen molar-refractivity contribution in [1.29, 1.82) is 0 Å². The Morgan fingerprint density at radius 2 is 2.29 bits per heavy atom. The Morgan fingerprint density at radius 3 is 3.05 bits per heavy atom. The standard InChI is InChI=1S/C16H25NO3S/c18-14(11-19-12-15-4-3-9-21-15)10-17-7-8-20-16(13-17)5-1-2-6-16/h3-4,9,14,18H,1-2,5-8,10-13H2. The van der Waals surface area contributed by atoms with Crippen molar-refractivity contribution in [1.82, 2.24) is 4.90 Å². The molecule has 1 saturated heterocycles. The molecule has 3 rings (SSSR count). The van der Waals surface area contributed by atoms with Crippen LogP contribution in [-0.2, 0) is 16.1 Å². The van der Waals surface area contributed by atoms with Gasteiger partial charge in [0, 0.05) is 24.5 Å². The molecule has 118 valence electrons. The first-order valence-corrected chi connectivity index (χ1v) is 8.78. The Morgan fingerprint density at radius 1 is 1.43 bits per heavy atom. The zero-order chi connectivity index (χ0) is 14.5. The van der Waals surface area contributed by atoms with Gasteiger partial charge in [0.05, 0.1) is 31.5 Å². The van der Waals surface area contributed by atoms with Crippen LogP contribution >= 0.6 is 11.3 Å². The molecule has 1 spiro atoms. The smallest absolute Gasteiger partial charge is 0.0900 e. The summed E-state index contributed by atoms with van der Waals surface area (Å²) in [6, 6.07) is 4.08. The Balaban J connectivity index is 1.38. The Kier molecular flexibility index (Phi) is 5.29. The average molecular weight is 311 g/mol. The van der Waals surface area contributed by atoms with Crippen molar-refractivity contribution >= 4 is 11.3 Å². The zero-order valence-corrected chi connectivity index (χ0v) is 13.3. The van der Waals surface area contributed by atoms with Gasteiger partial charge in [-0.15, -0.1) is 11.3 Å². The number of aliphatic hydroxyl groups excluding tert-OH is 1. The van der Waals surface area contributed by atoms with Gasteiger partial charge in [-0.05, 0) is 24.3 Å². The largest absolute Gasteiger partial charge is 0.389 e. The van der Waals surface area contributed by atoms with Crippen LogP contribution in [0.2, 0.25) is 0 Å². The second-order valence-electron chi connectivity index (χ2n) is 6.22. The summed E-state index contributed by atoms with van der Waals surface area (Å²) < 4.78 is 11.6. The van der Waals surface area contributed by atoms with Crippen molar-refractivity contribution in [3.8, 4) is 0 Å². The summed E-state index contributed by atoms with van der Waals surface area (Å²) >= 11 is 1.69. The summed E-state index contributed by atoms with van der Waals surface area (Å²) in [4.78, 5) is 3.55. The van der Waals surface area contributed by atoms with E-state index in [0.29, 0.717) is 19.8 Å². The molecule has 1 aromatic heterocycles.